The van der Waals surface area contributed by atoms with Crippen molar-refractivity contribution < 1.29 is 9.59 Å². The second-order valence-corrected chi connectivity index (χ2v) is 2.73. The van der Waals surface area contributed by atoms with Gasteiger partial charge >= 0.3 is 0 Å². The Labute approximate surface area is 74.1 Å². The van der Waals surface area contributed by atoms with Crippen LogP contribution in [0.3, 0.4) is 0 Å². The summed E-state index contributed by atoms with van der Waals surface area (Å²) < 4.78 is 0. The first-order valence-corrected chi connectivity index (χ1v) is 3.71. The Kier molecular flexibility index (Phi) is 1.48. The number of hydrogen-bond donors (Lipinski definition) is 1. The molecule has 0 radical (unpaired) electrons. The first kappa shape index (κ1) is 7.67. The largest absolute Gasteiger partial charge is 0.366 e. The van der Waals surface area contributed by atoms with Gasteiger partial charge in [-0.15, -0.1) is 0 Å². The summed E-state index contributed by atoms with van der Waals surface area (Å²) in [6.45, 7) is 0. The molecule has 0 atom stereocenters. The SMILES string of the molecule is NC(=O)c1ccc2c(c1)C(=O)N=C2. The molecule has 1 aromatic rings. The number of benzene rings is 1. The molecular weight excluding hydrogens is 168 g/mol. The molecule has 1 aliphatic rings. The summed E-state index contributed by atoms with van der Waals surface area (Å²) in [4.78, 5) is 25.5. The summed E-state index contributed by atoms with van der Waals surface area (Å²) in [5.41, 5.74) is 6.57. The van der Waals surface area contributed by atoms with Crippen LogP contribution in [0, 0.1) is 0 Å². The van der Waals surface area contributed by atoms with Crippen LogP contribution < -0.4 is 5.73 Å². The minimum absolute atomic E-state index is 0.321. The van der Waals surface area contributed by atoms with Gasteiger partial charge in [-0.25, -0.2) is 4.99 Å². The van der Waals surface area contributed by atoms with Gasteiger partial charge in [0.05, 0.1) is 5.56 Å². The van der Waals surface area contributed by atoms with Crippen LogP contribution in [-0.4, -0.2) is 18.0 Å². The molecule has 0 saturated heterocycles. The van der Waals surface area contributed by atoms with E-state index in [9.17, 15) is 9.59 Å². The Hall–Kier alpha value is -1.97. The maximum Gasteiger partial charge on any atom is 0.277 e. The molecule has 0 fully saturated rings. The van der Waals surface area contributed by atoms with Gasteiger partial charge in [0.2, 0.25) is 5.91 Å². The highest BCUT2D eigenvalue weighted by molar-refractivity contribution is 6.14. The standard InChI is InChI=1S/C9H6N2O2/c10-8(12)5-1-2-6-4-11-9(13)7(6)3-5/h1-4H,(H2,10,12). The van der Waals surface area contributed by atoms with E-state index < -0.39 is 5.91 Å². The Balaban J connectivity index is 2.57. The molecule has 1 heterocycles. The molecule has 0 aromatic heterocycles. The summed E-state index contributed by atoms with van der Waals surface area (Å²) in [6.07, 6.45) is 1.47. The summed E-state index contributed by atoms with van der Waals surface area (Å²) in [7, 11) is 0. The highest BCUT2D eigenvalue weighted by atomic mass is 16.1. The van der Waals surface area contributed by atoms with Crippen molar-refractivity contribution in [1.29, 1.82) is 0 Å². The van der Waals surface area contributed by atoms with E-state index in [2.05, 4.69) is 4.99 Å². The molecule has 4 heteroatoms. The quantitative estimate of drug-likeness (QED) is 0.667. The number of carbonyl (C=O) groups excluding carboxylic acids is 2. The van der Waals surface area contributed by atoms with Gasteiger partial charge in [0, 0.05) is 17.3 Å². The van der Waals surface area contributed by atoms with E-state index >= 15 is 0 Å². The molecule has 0 spiro atoms. The van der Waals surface area contributed by atoms with Gasteiger partial charge in [0.15, 0.2) is 0 Å². The molecule has 2 amide bonds. The third kappa shape index (κ3) is 1.12. The van der Waals surface area contributed by atoms with Gasteiger partial charge < -0.3 is 5.73 Å². The summed E-state index contributed by atoms with van der Waals surface area (Å²) in [5.74, 6) is -0.861. The van der Waals surface area contributed by atoms with E-state index in [-0.39, 0.29) is 5.91 Å². The van der Waals surface area contributed by atoms with Crippen molar-refractivity contribution in [2.45, 2.75) is 0 Å². The number of carbonyl (C=O) groups is 2. The molecule has 2 rings (SSSR count). The highest BCUT2D eigenvalue weighted by Crippen LogP contribution is 2.15. The van der Waals surface area contributed by atoms with Gasteiger partial charge in [-0.2, -0.15) is 0 Å². The van der Waals surface area contributed by atoms with Crippen LogP contribution >= 0.6 is 0 Å². The predicted octanol–water partition coefficient (Wildman–Crippen LogP) is 0.358. The van der Waals surface area contributed by atoms with E-state index in [0.717, 1.165) is 5.56 Å². The fourth-order valence-corrected chi connectivity index (χ4v) is 1.21. The van der Waals surface area contributed by atoms with Crippen molar-refractivity contribution in [1.82, 2.24) is 0 Å². The van der Waals surface area contributed by atoms with Crippen molar-refractivity contribution in [3.8, 4) is 0 Å². The number of nitrogens with two attached hydrogens (primary N) is 1. The van der Waals surface area contributed by atoms with Crippen LogP contribution in [0.2, 0.25) is 0 Å². The average Bonchev–Trinajstić information content (AvgIpc) is 2.47. The first-order chi connectivity index (χ1) is 6.18. The van der Waals surface area contributed by atoms with Crippen LogP contribution in [0.15, 0.2) is 23.2 Å². The number of nitrogens with zero attached hydrogens (tertiary/aromatic N) is 1. The molecule has 0 aliphatic carbocycles. The topological polar surface area (TPSA) is 72.5 Å². The minimum Gasteiger partial charge on any atom is -0.366 e. The van der Waals surface area contributed by atoms with Crippen molar-refractivity contribution in [3.05, 3.63) is 34.9 Å². The summed E-state index contributed by atoms with van der Waals surface area (Å²) in [6, 6.07) is 4.70. The minimum atomic E-state index is -0.539. The molecular formula is C9H6N2O2. The molecule has 13 heavy (non-hydrogen) atoms. The van der Waals surface area contributed by atoms with Gasteiger partial charge in [0.1, 0.15) is 0 Å². The van der Waals surface area contributed by atoms with Crippen LogP contribution in [0.4, 0.5) is 0 Å². The maximum absolute atomic E-state index is 11.1. The lowest BCUT2D eigenvalue weighted by molar-refractivity contribution is 0.1000. The number of rotatable bonds is 1. The Morgan fingerprint density at radius 3 is 2.85 bits per heavy atom. The second kappa shape index (κ2) is 2.52. The molecule has 64 valence electrons. The van der Waals surface area contributed by atoms with Gasteiger partial charge in [-0.1, -0.05) is 6.07 Å². The number of aliphatic imine (C=N–C) groups is 1. The number of primary amides is 1. The summed E-state index contributed by atoms with van der Waals surface area (Å²) in [5, 5.41) is 0. The van der Waals surface area contributed by atoms with Crippen LogP contribution in [-0.2, 0) is 0 Å². The molecule has 0 saturated carbocycles. The number of amides is 2. The lowest BCUT2D eigenvalue weighted by Crippen LogP contribution is -2.11. The lowest BCUT2D eigenvalue weighted by atomic mass is 10.1. The van der Waals surface area contributed by atoms with Crippen molar-refractivity contribution >= 4 is 18.0 Å². The molecule has 2 N–H and O–H groups in total. The van der Waals surface area contributed by atoms with Crippen LogP contribution in [0.5, 0.6) is 0 Å². The molecule has 4 nitrogen and oxygen atoms in total. The predicted molar refractivity (Wildman–Crippen MR) is 46.9 cm³/mol. The van der Waals surface area contributed by atoms with Gasteiger partial charge in [-0.05, 0) is 12.1 Å². The molecule has 1 aromatic carbocycles. The molecule has 0 bridgehead atoms. The third-order valence-electron chi connectivity index (χ3n) is 1.89. The van der Waals surface area contributed by atoms with Crippen LogP contribution in [0.25, 0.3) is 0 Å². The van der Waals surface area contributed by atoms with E-state index in [0.29, 0.717) is 11.1 Å². The zero-order valence-corrected chi connectivity index (χ0v) is 6.65. The van der Waals surface area contributed by atoms with E-state index in [4.69, 9.17) is 5.73 Å². The smallest absolute Gasteiger partial charge is 0.277 e. The fourth-order valence-electron chi connectivity index (χ4n) is 1.21. The van der Waals surface area contributed by atoms with Crippen molar-refractivity contribution in [2.24, 2.45) is 10.7 Å². The fraction of sp³-hybridized carbons (Fsp3) is 0. The Morgan fingerprint density at radius 2 is 2.15 bits per heavy atom. The van der Waals surface area contributed by atoms with Gasteiger partial charge in [-0.3, -0.25) is 9.59 Å². The monoisotopic (exact) mass is 174 g/mol. The summed E-state index contributed by atoms with van der Waals surface area (Å²) >= 11 is 0. The average molecular weight is 174 g/mol. The highest BCUT2D eigenvalue weighted by Gasteiger charge is 2.16. The van der Waals surface area contributed by atoms with Crippen molar-refractivity contribution in [2.75, 3.05) is 0 Å². The first-order valence-electron chi connectivity index (χ1n) is 3.71. The normalized spacial score (nSPS) is 13.1. The Bertz CT molecular complexity index is 435. The number of fused-ring (bicyclic) bond motifs is 1. The third-order valence-corrected chi connectivity index (χ3v) is 1.89. The zero-order chi connectivity index (χ0) is 9.42. The molecule has 1 aliphatic heterocycles. The van der Waals surface area contributed by atoms with Gasteiger partial charge in [0.25, 0.3) is 5.91 Å². The van der Waals surface area contributed by atoms with Crippen LogP contribution in [0.1, 0.15) is 26.3 Å². The second-order valence-electron chi connectivity index (χ2n) is 2.73. The van der Waals surface area contributed by atoms with Crippen molar-refractivity contribution in [3.63, 3.8) is 0 Å². The van der Waals surface area contributed by atoms with E-state index in [1.54, 1.807) is 12.1 Å². The maximum atomic E-state index is 11.1. The lowest BCUT2D eigenvalue weighted by Gasteiger charge is -1.97. The molecule has 0 unspecified atom stereocenters. The zero-order valence-electron chi connectivity index (χ0n) is 6.65. The van der Waals surface area contributed by atoms with E-state index in [1.807, 2.05) is 0 Å². The van der Waals surface area contributed by atoms with E-state index in [1.165, 1.54) is 12.3 Å². The Morgan fingerprint density at radius 1 is 1.38 bits per heavy atom. The number of hydrogen-bond acceptors (Lipinski definition) is 2.